The monoisotopic (exact) mass is 492 g/mol. The third kappa shape index (κ3) is 5.09. The lowest BCUT2D eigenvalue weighted by Gasteiger charge is -2.44. The molecular weight excluding hydrogens is 456 g/mol. The van der Waals surface area contributed by atoms with Crippen molar-refractivity contribution in [2.75, 3.05) is 0 Å². The van der Waals surface area contributed by atoms with Crippen molar-refractivity contribution in [1.82, 2.24) is 0 Å². The predicted molar refractivity (Wildman–Crippen MR) is 149 cm³/mol. The Hall–Kier alpha value is -3.72. The standard InChI is InChI=1S/C34H36O3/c1-24(26-9-17-31(35)18-10-26)23-25-7-11-28(12-8-25)34(27-5-3-2-4-6-27,29-13-19-32(36)20-14-29)30-15-21-33(37)22-16-30/h7-22,24,27,35-37H,2-6,23H2,1H3. The van der Waals surface area contributed by atoms with Gasteiger partial charge in [-0.1, -0.05) is 86.8 Å². The van der Waals surface area contributed by atoms with Crippen molar-refractivity contribution in [1.29, 1.82) is 0 Å². The van der Waals surface area contributed by atoms with Gasteiger partial charge in [0, 0.05) is 5.41 Å². The van der Waals surface area contributed by atoms with Crippen LogP contribution in [0.25, 0.3) is 0 Å². The van der Waals surface area contributed by atoms with Gasteiger partial charge in [-0.2, -0.15) is 0 Å². The van der Waals surface area contributed by atoms with E-state index in [0.717, 1.165) is 19.3 Å². The summed E-state index contributed by atoms with van der Waals surface area (Å²) in [4.78, 5) is 0. The van der Waals surface area contributed by atoms with E-state index in [2.05, 4.69) is 55.5 Å². The van der Waals surface area contributed by atoms with Crippen LogP contribution in [-0.4, -0.2) is 15.3 Å². The summed E-state index contributed by atoms with van der Waals surface area (Å²) in [6.45, 7) is 2.22. The van der Waals surface area contributed by atoms with Gasteiger partial charge >= 0.3 is 0 Å². The Kier molecular flexibility index (Phi) is 7.23. The van der Waals surface area contributed by atoms with Crippen LogP contribution >= 0.6 is 0 Å². The van der Waals surface area contributed by atoms with Crippen molar-refractivity contribution in [3.05, 3.63) is 125 Å². The highest BCUT2D eigenvalue weighted by molar-refractivity contribution is 5.53. The summed E-state index contributed by atoms with van der Waals surface area (Å²) < 4.78 is 0. The average Bonchev–Trinajstić information content (AvgIpc) is 2.93. The molecule has 1 fully saturated rings. The largest absolute Gasteiger partial charge is 0.508 e. The van der Waals surface area contributed by atoms with E-state index in [9.17, 15) is 15.3 Å². The van der Waals surface area contributed by atoms with Crippen LogP contribution in [-0.2, 0) is 11.8 Å². The highest BCUT2D eigenvalue weighted by atomic mass is 16.3. The molecule has 0 heterocycles. The van der Waals surface area contributed by atoms with E-state index in [0.29, 0.717) is 17.6 Å². The zero-order chi connectivity index (χ0) is 25.8. The van der Waals surface area contributed by atoms with E-state index < -0.39 is 0 Å². The van der Waals surface area contributed by atoms with Gasteiger partial charge in [-0.05, 0) is 95.3 Å². The molecule has 1 aliphatic rings. The molecule has 5 rings (SSSR count). The maximum atomic E-state index is 10.1. The summed E-state index contributed by atoms with van der Waals surface area (Å²) in [6.07, 6.45) is 6.89. The minimum Gasteiger partial charge on any atom is -0.508 e. The molecule has 1 unspecified atom stereocenters. The zero-order valence-electron chi connectivity index (χ0n) is 21.5. The molecule has 0 spiro atoms. The number of hydrogen-bond donors (Lipinski definition) is 3. The molecule has 190 valence electrons. The van der Waals surface area contributed by atoms with Gasteiger partial charge in [0.1, 0.15) is 17.2 Å². The van der Waals surface area contributed by atoms with Gasteiger partial charge in [-0.25, -0.2) is 0 Å². The topological polar surface area (TPSA) is 60.7 Å². The second kappa shape index (κ2) is 10.7. The molecule has 4 aromatic rings. The molecule has 1 aliphatic carbocycles. The third-order valence-electron chi connectivity index (χ3n) is 8.28. The van der Waals surface area contributed by atoms with Crippen molar-refractivity contribution < 1.29 is 15.3 Å². The smallest absolute Gasteiger partial charge is 0.115 e. The van der Waals surface area contributed by atoms with Crippen molar-refractivity contribution in [2.45, 2.75) is 56.8 Å². The number of benzene rings is 4. The third-order valence-corrected chi connectivity index (χ3v) is 8.28. The van der Waals surface area contributed by atoms with E-state index in [-0.39, 0.29) is 16.9 Å². The second-order valence-corrected chi connectivity index (χ2v) is 10.6. The molecule has 37 heavy (non-hydrogen) atoms. The molecule has 0 aromatic heterocycles. The first-order valence-electron chi connectivity index (χ1n) is 13.4. The number of phenolic OH excluding ortho intramolecular Hbond substituents is 3. The Labute approximate surface area is 220 Å². The molecule has 0 saturated heterocycles. The highest BCUT2D eigenvalue weighted by Crippen LogP contribution is 2.51. The number of rotatable bonds is 7. The summed E-state index contributed by atoms with van der Waals surface area (Å²) in [6, 6.07) is 32.0. The number of hydrogen-bond acceptors (Lipinski definition) is 3. The Bertz CT molecular complexity index is 1240. The van der Waals surface area contributed by atoms with Crippen LogP contribution in [0.15, 0.2) is 97.1 Å². The normalized spacial score (nSPS) is 15.4. The van der Waals surface area contributed by atoms with Gasteiger partial charge in [0.15, 0.2) is 0 Å². The van der Waals surface area contributed by atoms with E-state index in [1.54, 1.807) is 36.4 Å². The van der Waals surface area contributed by atoms with E-state index in [1.165, 1.54) is 47.1 Å². The maximum absolute atomic E-state index is 10.1. The van der Waals surface area contributed by atoms with Crippen molar-refractivity contribution in [3.63, 3.8) is 0 Å². The molecule has 4 aromatic carbocycles. The van der Waals surface area contributed by atoms with Crippen LogP contribution in [0.4, 0.5) is 0 Å². The van der Waals surface area contributed by atoms with Gasteiger partial charge in [0.2, 0.25) is 0 Å². The average molecular weight is 493 g/mol. The number of aromatic hydroxyl groups is 3. The summed E-state index contributed by atoms with van der Waals surface area (Å²) >= 11 is 0. The van der Waals surface area contributed by atoms with Crippen molar-refractivity contribution in [3.8, 4) is 17.2 Å². The Balaban J connectivity index is 1.58. The molecule has 0 amide bonds. The summed E-state index contributed by atoms with van der Waals surface area (Å²) in [7, 11) is 0. The van der Waals surface area contributed by atoms with Gasteiger partial charge in [0.05, 0.1) is 0 Å². The fourth-order valence-electron chi connectivity index (χ4n) is 6.37. The maximum Gasteiger partial charge on any atom is 0.115 e. The first-order valence-corrected chi connectivity index (χ1v) is 13.4. The van der Waals surface area contributed by atoms with E-state index >= 15 is 0 Å². The minimum atomic E-state index is -0.372. The Morgan fingerprint density at radius 1 is 0.595 bits per heavy atom. The summed E-state index contributed by atoms with van der Waals surface area (Å²) in [5, 5.41) is 29.8. The first-order chi connectivity index (χ1) is 18.0. The van der Waals surface area contributed by atoms with Crippen LogP contribution in [0.3, 0.4) is 0 Å². The van der Waals surface area contributed by atoms with Crippen molar-refractivity contribution >= 4 is 0 Å². The lowest BCUT2D eigenvalue weighted by Crippen LogP contribution is -2.39. The van der Waals surface area contributed by atoms with Crippen LogP contribution in [0.5, 0.6) is 17.2 Å². The lowest BCUT2D eigenvalue weighted by molar-refractivity contribution is 0.270. The predicted octanol–water partition coefficient (Wildman–Crippen LogP) is 8.06. The zero-order valence-corrected chi connectivity index (χ0v) is 21.5. The summed E-state index contributed by atoms with van der Waals surface area (Å²) in [5.74, 6) is 1.58. The molecular formula is C34H36O3. The van der Waals surface area contributed by atoms with Gasteiger partial charge in [0.25, 0.3) is 0 Å². The lowest BCUT2D eigenvalue weighted by atomic mass is 9.58. The van der Waals surface area contributed by atoms with Gasteiger partial charge in [-0.3, -0.25) is 0 Å². The molecule has 3 heteroatoms. The fourth-order valence-corrected chi connectivity index (χ4v) is 6.37. The van der Waals surface area contributed by atoms with Crippen LogP contribution in [0.1, 0.15) is 72.8 Å². The highest BCUT2D eigenvalue weighted by Gasteiger charge is 2.43. The quantitative estimate of drug-likeness (QED) is 0.229. The Morgan fingerprint density at radius 2 is 1.00 bits per heavy atom. The molecule has 0 radical (unpaired) electrons. The van der Waals surface area contributed by atoms with Crippen molar-refractivity contribution in [2.24, 2.45) is 5.92 Å². The summed E-state index contributed by atoms with van der Waals surface area (Å²) in [5.41, 5.74) is 5.71. The Morgan fingerprint density at radius 3 is 1.46 bits per heavy atom. The van der Waals surface area contributed by atoms with E-state index in [4.69, 9.17) is 0 Å². The van der Waals surface area contributed by atoms with Gasteiger partial charge < -0.3 is 15.3 Å². The molecule has 0 bridgehead atoms. The molecule has 3 nitrogen and oxygen atoms in total. The molecule has 1 atom stereocenters. The SMILES string of the molecule is CC(Cc1ccc(C(c2ccc(O)cc2)(c2ccc(O)cc2)C2CCCCC2)cc1)c1ccc(O)cc1. The minimum absolute atomic E-state index is 0.269. The van der Waals surface area contributed by atoms with E-state index in [1.807, 2.05) is 12.1 Å². The van der Waals surface area contributed by atoms with Crippen LogP contribution in [0, 0.1) is 5.92 Å². The molecule has 1 saturated carbocycles. The molecule has 3 N–H and O–H groups in total. The van der Waals surface area contributed by atoms with Crippen LogP contribution in [0.2, 0.25) is 0 Å². The second-order valence-electron chi connectivity index (χ2n) is 10.6. The van der Waals surface area contributed by atoms with Crippen LogP contribution < -0.4 is 0 Å². The first kappa shape index (κ1) is 25.0. The fraction of sp³-hybridized carbons (Fsp3) is 0.294. The van der Waals surface area contributed by atoms with Gasteiger partial charge in [-0.15, -0.1) is 0 Å². The number of phenols is 3. The molecule has 0 aliphatic heterocycles.